The van der Waals surface area contributed by atoms with E-state index in [1.165, 1.54) is 61.7 Å². The van der Waals surface area contributed by atoms with Crippen LogP contribution in [0, 0.1) is 24.0 Å². The zero-order valence-corrected chi connectivity index (χ0v) is 19.1. The third-order valence-electron chi connectivity index (χ3n) is 4.65. The summed E-state index contributed by atoms with van der Waals surface area (Å²) in [6.45, 7) is 3.48. The number of nitrogens with zero attached hydrogens (tertiary/aromatic N) is 2. The Morgan fingerprint density at radius 1 is 0.781 bits per heavy atom. The highest BCUT2D eigenvalue weighted by Gasteiger charge is 2.40. The number of rotatable bonds is 7. The third kappa shape index (κ3) is 4.30. The van der Waals surface area contributed by atoms with Crippen LogP contribution < -0.4 is 8.45 Å². The normalized spacial score (nSPS) is 11.7. The van der Waals surface area contributed by atoms with Crippen LogP contribution in [0.5, 0.6) is 5.75 Å². The quantitative estimate of drug-likeness (QED) is 0.375. The minimum atomic E-state index is -4.76. The molecule has 0 saturated carbocycles. The summed E-state index contributed by atoms with van der Waals surface area (Å²) in [6.07, 6.45) is 0. The zero-order chi connectivity index (χ0) is 23.7. The Morgan fingerprint density at radius 2 is 1.22 bits per heavy atom. The molecule has 0 radical (unpaired) electrons. The molecule has 3 rings (SSSR count). The SMILES string of the molecule is COc1ccc(N(S(=O)(=O)c2ccc(C)cc2)S(=O)(=O)c2ccc(C)cc2)c([N+](=O)[O-])c1. The van der Waals surface area contributed by atoms with Gasteiger partial charge in [-0.05, 0) is 50.2 Å². The molecule has 0 heterocycles. The van der Waals surface area contributed by atoms with Crippen LogP contribution in [-0.2, 0) is 20.0 Å². The lowest BCUT2D eigenvalue weighted by atomic mass is 10.2. The van der Waals surface area contributed by atoms with Gasteiger partial charge in [-0.15, -0.1) is 3.71 Å². The number of hydrogen-bond donors (Lipinski definition) is 0. The molecule has 0 aliphatic carbocycles. The van der Waals surface area contributed by atoms with Gasteiger partial charge in [0, 0.05) is 0 Å². The highest BCUT2D eigenvalue weighted by atomic mass is 32.3. The van der Waals surface area contributed by atoms with Crippen molar-refractivity contribution >= 4 is 31.4 Å². The predicted octanol–water partition coefficient (Wildman–Crippen LogP) is 3.80. The maximum Gasteiger partial charge on any atom is 0.298 e. The maximum atomic E-state index is 13.6. The molecular weight excluding hydrogens is 456 g/mol. The van der Waals surface area contributed by atoms with Crippen molar-refractivity contribution < 1.29 is 26.5 Å². The Kier molecular flexibility index (Phi) is 6.24. The molecule has 0 aromatic heterocycles. The standard InChI is InChI=1S/C21H20N2O7S2/c1-15-4-9-18(10-5-15)31(26,27)23(32(28,29)19-11-6-16(2)7-12-19)20-13-8-17(30-3)14-21(20)22(24)25/h4-14H,1-3H3. The van der Waals surface area contributed by atoms with Crippen molar-refractivity contribution in [1.82, 2.24) is 0 Å². The van der Waals surface area contributed by atoms with E-state index in [1.54, 1.807) is 13.8 Å². The number of anilines is 1. The fourth-order valence-electron chi connectivity index (χ4n) is 2.93. The Hall–Kier alpha value is -3.44. The Balaban J connectivity index is 2.36. The molecule has 0 N–H and O–H groups in total. The lowest BCUT2D eigenvalue weighted by Gasteiger charge is -2.24. The molecule has 11 heteroatoms. The van der Waals surface area contributed by atoms with Crippen LogP contribution in [0.4, 0.5) is 11.4 Å². The molecule has 168 valence electrons. The highest BCUT2D eigenvalue weighted by molar-refractivity contribution is 8.10. The summed E-state index contributed by atoms with van der Waals surface area (Å²) in [5.41, 5.74) is 0.146. The molecule has 0 atom stereocenters. The number of aryl methyl sites for hydroxylation is 2. The maximum absolute atomic E-state index is 13.6. The van der Waals surface area contributed by atoms with E-state index in [0.717, 1.165) is 23.3 Å². The van der Waals surface area contributed by atoms with E-state index >= 15 is 0 Å². The third-order valence-corrected chi connectivity index (χ3v) is 8.83. The van der Waals surface area contributed by atoms with E-state index in [2.05, 4.69) is 0 Å². The van der Waals surface area contributed by atoms with Crippen LogP contribution in [0.15, 0.2) is 76.5 Å². The van der Waals surface area contributed by atoms with Crippen molar-refractivity contribution in [3.8, 4) is 5.75 Å². The molecule has 0 bridgehead atoms. The van der Waals surface area contributed by atoms with Gasteiger partial charge in [0.1, 0.15) is 11.4 Å². The molecule has 0 saturated heterocycles. The van der Waals surface area contributed by atoms with Crippen LogP contribution in [0.25, 0.3) is 0 Å². The number of sulfonamides is 2. The highest BCUT2D eigenvalue weighted by Crippen LogP contribution is 2.39. The minimum Gasteiger partial charge on any atom is -0.496 e. The number of benzene rings is 3. The molecule has 0 spiro atoms. The summed E-state index contributed by atoms with van der Waals surface area (Å²) in [6, 6.07) is 14.3. The van der Waals surface area contributed by atoms with Gasteiger partial charge in [0.15, 0.2) is 0 Å². The van der Waals surface area contributed by atoms with Crippen LogP contribution in [0.3, 0.4) is 0 Å². The topological polar surface area (TPSA) is 124 Å². The van der Waals surface area contributed by atoms with E-state index in [-0.39, 0.29) is 19.3 Å². The van der Waals surface area contributed by atoms with Crippen LogP contribution in [0.2, 0.25) is 0 Å². The molecule has 0 aliphatic rings. The zero-order valence-electron chi connectivity index (χ0n) is 17.4. The first-order valence-corrected chi connectivity index (χ1v) is 12.1. The van der Waals surface area contributed by atoms with Crippen LogP contribution in [0.1, 0.15) is 11.1 Å². The predicted molar refractivity (Wildman–Crippen MR) is 119 cm³/mol. The Morgan fingerprint density at radius 3 is 1.59 bits per heavy atom. The first-order valence-electron chi connectivity index (χ1n) is 9.25. The number of ether oxygens (including phenoxy) is 1. The average molecular weight is 477 g/mol. The molecule has 0 aliphatic heterocycles. The summed E-state index contributed by atoms with van der Waals surface area (Å²) >= 11 is 0. The molecule has 0 amide bonds. The van der Waals surface area contributed by atoms with Crippen molar-refractivity contribution in [3.05, 3.63) is 88.0 Å². The number of nitro groups is 1. The van der Waals surface area contributed by atoms with Gasteiger partial charge < -0.3 is 4.74 Å². The van der Waals surface area contributed by atoms with Gasteiger partial charge in [0.05, 0.1) is 27.9 Å². The second kappa shape index (κ2) is 8.60. The first-order chi connectivity index (χ1) is 15.0. The van der Waals surface area contributed by atoms with Gasteiger partial charge in [0.2, 0.25) is 0 Å². The lowest BCUT2D eigenvalue weighted by molar-refractivity contribution is -0.384. The molecule has 32 heavy (non-hydrogen) atoms. The molecule has 3 aromatic rings. The van der Waals surface area contributed by atoms with Gasteiger partial charge in [0.25, 0.3) is 25.7 Å². The second-order valence-electron chi connectivity index (χ2n) is 6.95. The summed E-state index contributed by atoms with van der Waals surface area (Å²) in [5.74, 6) is 0.0702. The first kappa shape index (κ1) is 23.2. The van der Waals surface area contributed by atoms with Gasteiger partial charge in [-0.25, -0.2) is 16.8 Å². The number of nitro benzene ring substituents is 1. The van der Waals surface area contributed by atoms with E-state index in [1.807, 2.05) is 0 Å². The van der Waals surface area contributed by atoms with E-state index in [9.17, 15) is 26.9 Å². The molecule has 0 fully saturated rings. The Bertz CT molecular complexity index is 1290. The number of methoxy groups -OCH3 is 1. The van der Waals surface area contributed by atoms with Crippen LogP contribution >= 0.6 is 0 Å². The molecule has 0 unspecified atom stereocenters. The van der Waals surface area contributed by atoms with Crippen molar-refractivity contribution in [2.24, 2.45) is 0 Å². The minimum absolute atomic E-state index is 0.0702. The van der Waals surface area contributed by atoms with Gasteiger partial charge in [-0.1, -0.05) is 35.4 Å². The van der Waals surface area contributed by atoms with Crippen molar-refractivity contribution in [2.45, 2.75) is 23.6 Å². The average Bonchev–Trinajstić information content (AvgIpc) is 2.74. The monoisotopic (exact) mass is 476 g/mol. The lowest BCUT2D eigenvalue weighted by Crippen LogP contribution is -2.37. The van der Waals surface area contributed by atoms with E-state index in [4.69, 9.17) is 4.74 Å². The number of hydrogen-bond acceptors (Lipinski definition) is 7. The van der Waals surface area contributed by atoms with Crippen molar-refractivity contribution in [2.75, 3.05) is 10.8 Å². The molecule has 3 aromatic carbocycles. The molecular formula is C21H20N2O7S2. The van der Waals surface area contributed by atoms with Gasteiger partial charge >= 0.3 is 0 Å². The Labute approximate surface area is 186 Å². The smallest absolute Gasteiger partial charge is 0.298 e. The van der Waals surface area contributed by atoms with Crippen molar-refractivity contribution in [1.29, 1.82) is 0 Å². The fourth-order valence-corrected chi connectivity index (χ4v) is 6.65. The summed E-state index contributed by atoms with van der Waals surface area (Å²) < 4.78 is 59.3. The molecule has 9 nitrogen and oxygen atoms in total. The van der Waals surface area contributed by atoms with Gasteiger partial charge in [-0.3, -0.25) is 10.1 Å². The van der Waals surface area contributed by atoms with Crippen LogP contribution in [-0.4, -0.2) is 28.9 Å². The largest absolute Gasteiger partial charge is 0.496 e. The summed E-state index contributed by atoms with van der Waals surface area (Å²) in [4.78, 5) is 10.2. The van der Waals surface area contributed by atoms with E-state index < -0.39 is 36.3 Å². The van der Waals surface area contributed by atoms with E-state index in [0.29, 0.717) is 0 Å². The second-order valence-corrected chi connectivity index (χ2v) is 10.7. The fraction of sp³-hybridized carbons (Fsp3) is 0.143. The van der Waals surface area contributed by atoms with Crippen molar-refractivity contribution in [3.63, 3.8) is 0 Å². The van der Waals surface area contributed by atoms with Gasteiger partial charge in [-0.2, -0.15) is 0 Å². The summed E-state index contributed by atoms with van der Waals surface area (Å²) in [7, 11) is -8.24. The summed E-state index contributed by atoms with van der Waals surface area (Å²) in [5, 5.41) is 11.7.